The van der Waals surface area contributed by atoms with Crippen LogP contribution in [0.1, 0.15) is 16.8 Å². The largest absolute Gasteiger partial charge is 0.490 e. The fourth-order valence-electron chi connectivity index (χ4n) is 3.22. The highest BCUT2D eigenvalue weighted by Gasteiger charge is 2.19. The Balaban J connectivity index is 1.33. The van der Waals surface area contributed by atoms with E-state index >= 15 is 0 Å². The third kappa shape index (κ3) is 6.27. The Labute approximate surface area is 201 Å². The van der Waals surface area contributed by atoms with Gasteiger partial charge in [-0.3, -0.25) is 14.3 Å². The van der Waals surface area contributed by atoms with Crippen LogP contribution in [0.5, 0.6) is 11.5 Å². The minimum Gasteiger partial charge on any atom is -0.490 e. The number of anilines is 2. The number of halogens is 1. The SMILES string of the molecule is O=C(CNC(=O)c1ccc(F)cc1)Nc1ccc(NS(=O)(=O)c2ccc3c(c2)OCCCO3)cc1. The molecule has 2 amide bonds. The summed E-state index contributed by atoms with van der Waals surface area (Å²) in [6.45, 7) is 0.641. The average molecular weight is 500 g/mol. The van der Waals surface area contributed by atoms with Crippen LogP contribution in [-0.2, 0) is 14.8 Å². The lowest BCUT2D eigenvalue weighted by Crippen LogP contribution is -2.32. The highest BCUT2D eigenvalue weighted by atomic mass is 32.2. The number of hydrogen-bond acceptors (Lipinski definition) is 6. The zero-order chi connectivity index (χ0) is 24.8. The predicted octanol–water partition coefficient (Wildman–Crippen LogP) is 3.16. The number of sulfonamides is 1. The van der Waals surface area contributed by atoms with E-state index in [1.807, 2.05) is 0 Å². The molecule has 1 aliphatic rings. The highest BCUT2D eigenvalue weighted by Crippen LogP contribution is 2.32. The Morgan fingerprint density at radius 3 is 2.23 bits per heavy atom. The van der Waals surface area contributed by atoms with Gasteiger partial charge in [0.1, 0.15) is 5.82 Å². The van der Waals surface area contributed by atoms with E-state index in [-0.39, 0.29) is 17.0 Å². The van der Waals surface area contributed by atoms with Crippen LogP contribution in [0.2, 0.25) is 0 Å². The molecule has 0 radical (unpaired) electrons. The molecule has 0 saturated carbocycles. The second-order valence-corrected chi connectivity index (χ2v) is 9.26. The molecule has 3 aromatic carbocycles. The maximum atomic E-state index is 12.9. The third-order valence-electron chi connectivity index (χ3n) is 4.97. The minimum atomic E-state index is -3.89. The van der Waals surface area contributed by atoms with Crippen molar-refractivity contribution < 1.29 is 31.9 Å². The number of nitrogens with one attached hydrogen (secondary N) is 3. The van der Waals surface area contributed by atoms with E-state index in [2.05, 4.69) is 15.4 Å². The summed E-state index contributed by atoms with van der Waals surface area (Å²) in [5.74, 6) is -0.599. The molecule has 0 unspecified atom stereocenters. The molecule has 3 aromatic rings. The molecule has 3 N–H and O–H groups in total. The highest BCUT2D eigenvalue weighted by molar-refractivity contribution is 7.92. The molecule has 0 aromatic heterocycles. The maximum Gasteiger partial charge on any atom is 0.262 e. The molecule has 11 heteroatoms. The number of amides is 2. The second kappa shape index (κ2) is 10.4. The van der Waals surface area contributed by atoms with E-state index in [0.717, 1.165) is 12.1 Å². The summed E-state index contributed by atoms with van der Waals surface area (Å²) in [4.78, 5) is 24.2. The van der Waals surface area contributed by atoms with Crippen molar-refractivity contribution in [2.24, 2.45) is 0 Å². The zero-order valence-electron chi connectivity index (χ0n) is 18.4. The molecular weight excluding hydrogens is 477 g/mol. The number of benzene rings is 3. The first kappa shape index (κ1) is 24.0. The molecule has 0 aliphatic carbocycles. The summed E-state index contributed by atoms with van der Waals surface area (Å²) in [7, 11) is -3.89. The van der Waals surface area contributed by atoms with Crippen molar-refractivity contribution >= 4 is 33.2 Å². The van der Waals surface area contributed by atoms with Crippen molar-refractivity contribution in [1.29, 1.82) is 0 Å². The van der Waals surface area contributed by atoms with Gasteiger partial charge >= 0.3 is 0 Å². The van der Waals surface area contributed by atoms with E-state index in [0.29, 0.717) is 42.5 Å². The van der Waals surface area contributed by atoms with Crippen molar-refractivity contribution in [2.45, 2.75) is 11.3 Å². The van der Waals surface area contributed by atoms with Gasteiger partial charge in [-0.2, -0.15) is 0 Å². The molecule has 0 saturated heterocycles. The van der Waals surface area contributed by atoms with Gasteiger partial charge in [-0.15, -0.1) is 0 Å². The molecule has 9 nitrogen and oxygen atoms in total. The summed E-state index contributed by atoms with van der Waals surface area (Å²) >= 11 is 0. The molecule has 4 rings (SSSR count). The van der Waals surface area contributed by atoms with E-state index < -0.39 is 27.7 Å². The van der Waals surface area contributed by atoms with Gasteiger partial charge in [-0.1, -0.05) is 0 Å². The van der Waals surface area contributed by atoms with Gasteiger partial charge < -0.3 is 20.1 Å². The normalized spacial score (nSPS) is 12.8. The molecule has 1 heterocycles. The van der Waals surface area contributed by atoms with Crippen LogP contribution in [0.15, 0.2) is 71.6 Å². The van der Waals surface area contributed by atoms with Crippen LogP contribution < -0.4 is 24.8 Å². The minimum absolute atomic E-state index is 0.0241. The molecule has 182 valence electrons. The van der Waals surface area contributed by atoms with Gasteiger partial charge in [0.15, 0.2) is 11.5 Å². The van der Waals surface area contributed by atoms with E-state index in [1.54, 1.807) is 6.07 Å². The van der Waals surface area contributed by atoms with Crippen molar-refractivity contribution in [3.63, 3.8) is 0 Å². The van der Waals surface area contributed by atoms with Crippen LogP contribution in [0.3, 0.4) is 0 Å². The lowest BCUT2D eigenvalue weighted by Gasteiger charge is -2.12. The van der Waals surface area contributed by atoms with Crippen LogP contribution in [0.4, 0.5) is 15.8 Å². The fraction of sp³-hybridized carbons (Fsp3) is 0.167. The number of carbonyl (C=O) groups is 2. The van der Waals surface area contributed by atoms with Crippen molar-refractivity contribution in [3.05, 3.63) is 78.1 Å². The van der Waals surface area contributed by atoms with Gasteiger partial charge in [0, 0.05) is 29.4 Å². The van der Waals surface area contributed by atoms with E-state index in [9.17, 15) is 22.4 Å². The van der Waals surface area contributed by atoms with E-state index in [4.69, 9.17) is 9.47 Å². The zero-order valence-corrected chi connectivity index (χ0v) is 19.2. The van der Waals surface area contributed by atoms with Crippen LogP contribution in [0.25, 0.3) is 0 Å². The molecule has 0 bridgehead atoms. The Morgan fingerprint density at radius 2 is 1.51 bits per heavy atom. The Kier molecular flexibility index (Phi) is 7.16. The number of hydrogen-bond donors (Lipinski definition) is 3. The summed E-state index contributed by atoms with van der Waals surface area (Å²) < 4.78 is 52.1. The number of carbonyl (C=O) groups excluding carboxylic acids is 2. The summed E-state index contributed by atoms with van der Waals surface area (Å²) in [6.07, 6.45) is 0.707. The van der Waals surface area contributed by atoms with Crippen LogP contribution >= 0.6 is 0 Å². The lowest BCUT2D eigenvalue weighted by molar-refractivity contribution is -0.115. The van der Waals surface area contributed by atoms with Crippen molar-refractivity contribution in [2.75, 3.05) is 29.8 Å². The van der Waals surface area contributed by atoms with Crippen LogP contribution in [-0.4, -0.2) is 40.0 Å². The number of ether oxygens (including phenoxy) is 2. The topological polar surface area (TPSA) is 123 Å². The monoisotopic (exact) mass is 499 g/mol. The van der Waals surface area contributed by atoms with Crippen LogP contribution in [0, 0.1) is 5.82 Å². The summed E-state index contributed by atoms with van der Waals surface area (Å²) in [6, 6.07) is 15.4. The first-order valence-corrected chi connectivity index (χ1v) is 12.1. The smallest absolute Gasteiger partial charge is 0.262 e. The molecule has 1 aliphatic heterocycles. The summed E-state index contributed by atoms with van der Waals surface area (Å²) in [5, 5.41) is 5.04. The van der Waals surface area contributed by atoms with Gasteiger partial charge in [-0.25, -0.2) is 12.8 Å². The predicted molar refractivity (Wildman–Crippen MR) is 127 cm³/mol. The molecule has 0 atom stereocenters. The average Bonchev–Trinajstić information content (AvgIpc) is 3.09. The quantitative estimate of drug-likeness (QED) is 0.459. The second-order valence-electron chi connectivity index (χ2n) is 7.58. The maximum absolute atomic E-state index is 12.9. The van der Waals surface area contributed by atoms with E-state index in [1.165, 1.54) is 48.5 Å². The Bertz CT molecular complexity index is 1330. The van der Waals surface area contributed by atoms with Gasteiger partial charge in [0.05, 0.1) is 24.7 Å². The van der Waals surface area contributed by atoms with Gasteiger partial charge in [-0.05, 0) is 60.7 Å². The standard InChI is InChI=1S/C24H22FN3O6S/c25-17-4-2-16(3-5-17)24(30)26-15-23(29)27-18-6-8-19(9-7-18)28-35(31,32)20-10-11-21-22(14-20)34-13-1-12-33-21/h2-11,14,28H,1,12-13,15H2,(H,26,30)(H,27,29). The van der Waals surface area contributed by atoms with Gasteiger partial charge in [0.2, 0.25) is 5.91 Å². The Hall–Kier alpha value is -4.12. The molecule has 35 heavy (non-hydrogen) atoms. The third-order valence-corrected chi connectivity index (χ3v) is 6.35. The molecular formula is C24H22FN3O6S. The first-order chi connectivity index (χ1) is 16.8. The first-order valence-electron chi connectivity index (χ1n) is 10.7. The lowest BCUT2D eigenvalue weighted by atomic mass is 10.2. The van der Waals surface area contributed by atoms with Crippen molar-refractivity contribution in [1.82, 2.24) is 5.32 Å². The molecule has 0 fully saturated rings. The Morgan fingerprint density at radius 1 is 0.857 bits per heavy atom. The van der Waals surface area contributed by atoms with Crippen molar-refractivity contribution in [3.8, 4) is 11.5 Å². The fourth-order valence-corrected chi connectivity index (χ4v) is 4.29. The number of rotatable bonds is 7. The molecule has 0 spiro atoms. The van der Waals surface area contributed by atoms with Gasteiger partial charge in [0.25, 0.3) is 15.9 Å². The summed E-state index contributed by atoms with van der Waals surface area (Å²) in [5.41, 5.74) is 0.925. The number of fused-ring (bicyclic) bond motifs is 1.